The van der Waals surface area contributed by atoms with Gasteiger partial charge in [-0.25, -0.2) is 18.4 Å². The molecule has 1 unspecified atom stereocenters. The first-order valence-electron chi connectivity index (χ1n) is 5.99. The lowest BCUT2D eigenvalue weighted by Crippen LogP contribution is -2.42. The minimum Gasteiger partial charge on any atom is -0.478 e. The normalized spacial score (nSPS) is 19.0. The van der Waals surface area contributed by atoms with E-state index in [1.807, 2.05) is 6.07 Å². The number of sulfonamides is 1. The number of nitriles is 1. The minimum atomic E-state index is -3.98. The van der Waals surface area contributed by atoms with Crippen molar-refractivity contribution in [2.45, 2.75) is 11.0 Å². The van der Waals surface area contributed by atoms with Crippen molar-refractivity contribution in [3.63, 3.8) is 0 Å². The highest BCUT2D eigenvalue weighted by Crippen LogP contribution is 2.25. The van der Waals surface area contributed by atoms with Crippen LogP contribution >= 0.6 is 0 Å². The number of ether oxygens (including phenoxy) is 1. The fraction of sp³-hybridized carbons (Fsp3) is 0.333. The monoisotopic (exact) mass is 311 g/mol. The van der Waals surface area contributed by atoms with Crippen LogP contribution in [0.15, 0.2) is 23.1 Å². The predicted octanol–water partition coefficient (Wildman–Crippen LogP) is -0.239. The summed E-state index contributed by atoms with van der Waals surface area (Å²) in [6.45, 7) is 0.910. The molecule has 21 heavy (non-hydrogen) atoms. The molecule has 1 aliphatic rings. The number of hydrogen-bond acceptors (Lipinski definition) is 6. The lowest BCUT2D eigenvalue weighted by atomic mass is 10.1. The number of morpholine rings is 1. The first kappa shape index (κ1) is 15.2. The van der Waals surface area contributed by atoms with Crippen LogP contribution in [0.25, 0.3) is 0 Å². The highest BCUT2D eigenvalue weighted by molar-refractivity contribution is 7.89. The van der Waals surface area contributed by atoms with E-state index in [-0.39, 0.29) is 23.6 Å². The van der Waals surface area contributed by atoms with Crippen molar-refractivity contribution in [3.05, 3.63) is 23.8 Å². The Bertz CT molecular complexity index is 710. The van der Waals surface area contributed by atoms with Gasteiger partial charge in [0.1, 0.15) is 0 Å². The summed E-state index contributed by atoms with van der Waals surface area (Å²) < 4.78 is 27.8. The van der Waals surface area contributed by atoms with Crippen LogP contribution in [-0.4, -0.2) is 45.3 Å². The van der Waals surface area contributed by atoms with Crippen molar-refractivity contribution in [1.82, 2.24) is 0 Å². The third-order valence-corrected chi connectivity index (χ3v) is 3.99. The summed E-state index contributed by atoms with van der Waals surface area (Å²) in [6, 6.07) is 5.60. The van der Waals surface area contributed by atoms with Crippen molar-refractivity contribution in [3.8, 4) is 6.07 Å². The summed E-state index contributed by atoms with van der Waals surface area (Å²) in [5.74, 6) is -1.27. The Morgan fingerprint density at radius 1 is 1.52 bits per heavy atom. The topological polar surface area (TPSA) is 134 Å². The lowest BCUT2D eigenvalue weighted by molar-refractivity contribution is 0.0687. The van der Waals surface area contributed by atoms with Gasteiger partial charge in [0.05, 0.1) is 35.4 Å². The van der Waals surface area contributed by atoms with E-state index in [1.165, 1.54) is 12.1 Å². The van der Waals surface area contributed by atoms with Gasteiger partial charge >= 0.3 is 5.97 Å². The van der Waals surface area contributed by atoms with E-state index in [0.717, 1.165) is 6.07 Å². The Morgan fingerprint density at radius 2 is 2.24 bits per heavy atom. The molecule has 1 saturated heterocycles. The van der Waals surface area contributed by atoms with Crippen LogP contribution in [0.1, 0.15) is 10.4 Å². The molecule has 0 saturated carbocycles. The zero-order valence-corrected chi connectivity index (χ0v) is 11.7. The highest BCUT2D eigenvalue weighted by Gasteiger charge is 2.25. The molecule has 3 N–H and O–H groups in total. The molecule has 0 bridgehead atoms. The van der Waals surface area contributed by atoms with Crippen LogP contribution in [-0.2, 0) is 14.8 Å². The maximum absolute atomic E-state index is 11.3. The SMILES string of the molecule is N#CC1CN(c2ccc(S(N)(=O)=O)cc2C(=O)O)CCO1. The van der Waals surface area contributed by atoms with Crippen LogP contribution < -0.4 is 10.0 Å². The summed E-state index contributed by atoms with van der Waals surface area (Å²) in [5.41, 5.74) is 0.151. The van der Waals surface area contributed by atoms with E-state index >= 15 is 0 Å². The molecule has 0 spiro atoms. The number of rotatable bonds is 3. The summed E-state index contributed by atoms with van der Waals surface area (Å²) >= 11 is 0. The summed E-state index contributed by atoms with van der Waals surface area (Å²) in [7, 11) is -3.98. The molecule has 1 aliphatic heterocycles. The van der Waals surface area contributed by atoms with E-state index < -0.39 is 22.1 Å². The maximum atomic E-state index is 11.3. The van der Waals surface area contributed by atoms with Gasteiger partial charge in [-0.1, -0.05) is 0 Å². The van der Waals surface area contributed by atoms with Crippen molar-refractivity contribution in [1.29, 1.82) is 5.26 Å². The van der Waals surface area contributed by atoms with Gasteiger partial charge in [-0.15, -0.1) is 0 Å². The number of carbonyl (C=O) groups is 1. The number of carboxylic acid groups (broad SMARTS) is 1. The van der Waals surface area contributed by atoms with E-state index in [9.17, 15) is 18.3 Å². The van der Waals surface area contributed by atoms with Gasteiger partial charge < -0.3 is 14.7 Å². The zero-order chi connectivity index (χ0) is 15.6. The van der Waals surface area contributed by atoms with Crippen LogP contribution in [0, 0.1) is 11.3 Å². The summed E-state index contributed by atoms with van der Waals surface area (Å²) in [6.07, 6.45) is -0.654. The summed E-state index contributed by atoms with van der Waals surface area (Å²) in [4.78, 5) is 12.7. The molecular formula is C12H13N3O5S. The van der Waals surface area contributed by atoms with E-state index in [1.54, 1.807) is 4.90 Å². The van der Waals surface area contributed by atoms with Gasteiger partial charge in [-0.2, -0.15) is 5.26 Å². The fourth-order valence-electron chi connectivity index (χ4n) is 2.09. The van der Waals surface area contributed by atoms with E-state index in [2.05, 4.69) is 0 Å². The van der Waals surface area contributed by atoms with Gasteiger partial charge in [-0.05, 0) is 18.2 Å². The molecule has 9 heteroatoms. The Hall–Kier alpha value is -2.15. The molecule has 0 aliphatic carbocycles. The maximum Gasteiger partial charge on any atom is 0.337 e. The number of anilines is 1. The van der Waals surface area contributed by atoms with Crippen molar-refractivity contribution < 1.29 is 23.1 Å². The molecular weight excluding hydrogens is 298 g/mol. The Balaban J connectivity index is 2.44. The fourth-order valence-corrected chi connectivity index (χ4v) is 2.63. The second-order valence-electron chi connectivity index (χ2n) is 4.46. The first-order chi connectivity index (χ1) is 9.82. The first-order valence-corrected chi connectivity index (χ1v) is 7.54. The van der Waals surface area contributed by atoms with Gasteiger partial charge in [0, 0.05) is 6.54 Å². The van der Waals surface area contributed by atoms with E-state index in [0.29, 0.717) is 12.2 Å². The molecule has 1 fully saturated rings. The molecule has 8 nitrogen and oxygen atoms in total. The second kappa shape index (κ2) is 5.69. The number of carboxylic acids is 1. The van der Waals surface area contributed by atoms with Gasteiger partial charge in [0.2, 0.25) is 10.0 Å². The standard InChI is InChI=1S/C12H13N3O5S/c13-6-8-7-15(3-4-20-8)11-2-1-9(21(14,18)19)5-10(11)12(16)17/h1-2,5,8H,3-4,7H2,(H,16,17)(H2,14,18,19). The third-order valence-electron chi connectivity index (χ3n) is 3.08. The second-order valence-corrected chi connectivity index (χ2v) is 6.03. The lowest BCUT2D eigenvalue weighted by Gasteiger charge is -2.32. The van der Waals surface area contributed by atoms with Gasteiger partial charge in [0.15, 0.2) is 6.10 Å². The largest absolute Gasteiger partial charge is 0.478 e. The molecule has 1 atom stereocenters. The number of nitrogens with two attached hydrogens (primary N) is 1. The number of nitrogens with zero attached hydrogens (tertiary/aromatic N) is 2. The summed E-state index contributed by atoms with van der Waals surface area (Å²) in [5, 5.41) is 23.1. The molecule has 2 rings (SSSR count). The number of aromatic carboxylic acids is 1. The van der Waals surface area contributed by atoms with Crippen molar-refractivity contribution in [2.24, 2.45) is 5.14 Å². The van der Waals surface area contributed by atoms with Gasteiger partial charge in [-0.3, -0.25) is 0 Å². The molecule has 0 amide bonds. The molecule has 1 heterocycles. The predicted molar refractivity (Wildman–Crippen MR) is 72.3 cm³/mol. The number of benzene rings is 1. The highest BCUT2D eigenvalue weighted by atomic mass is 32.2. The van der Waals surface area contributed by atoms with Gasteiger partial charge in [0.25, 0.3) is 0 Å². The molecule has 0 aromatic heterocycles. The zero-order valence-electron chi connectivity index (χ0n) is 10.9. The molecule has 1 aromatic carbocycles. The quantitative estimate of drug-likeness (QED) is 0.786. The average Bonchev–Trinajstić information content (AvgIpc) is 2.45. The van der Waals surface area contributed by atoms with Crippen molar-refractivity contribution >= 4 is 21.7 Å². The smallest absolute Gasteiger partial charge is 0.337 e. The van der Waals surface area contributed by atoms with E-state index in [4.69, 9.17) is 15.1 Å². The average molecular weight is 311 g/mol. The van der Waals surface area contributed by atoms with Crippen LogP contribution in [0.4, 0.5) is 5.69 Å². The molecule has 1 aromatic rings. The number of primary sulfonamides is 1. The third kappa shape index (κ3) is 3.30. The Morgan fingerprint density at radius 3 is 2.81 bits per heavy atom. The van der Waals surface area contributed by atoms with Crippen LogP contribution in [0.5, 0.6) is 0 Å². The molecule has 0 radical (unpaired) electrons. The Kier molecular flexibility index (Phi) is 4.13. The van der Waals surface area contributed by atoms with Crippen LogP contribution in [0.3, 0.4) is 0 Å². The minimum absolute atomic E-state index is 0.180. The molecule has 112 valence electrons. The number of hydrogen-bond donors (Lipinski definition) is 2. The van der Waals surface area contributed by atoms with Crippen molar-refractivity contribution in [2.75, 3.05) is 24.6 Å². The van der Waals surface area contributed by atoms with Crippen LogP contribution in [0.2, 0.25) is 0 Å². The Labute approximate surface area is 121 Å².